The van der Waals surface area contributed by atoms with E-state index in [1.165, 1.54) is 10.3 Å². The number of carbonyl (C=O) groups excluding carboxylic acids is 4. The quantitative estimate of drug-likeness (QED) is 0.262. The highest BCUT2D eigenvalue weighted by Crippen LogP contribution is 2.36. The van der Waals surface area contributed by atoms with Crippen molar-refractivity contribution in [1.29, 1.82) is 5.41 Å². The van der Waals surface area contributed by atoms with Gasteiger partial charge in [0.25, 0.3) is 5.91 Å². The van der Waals surface area contributed by atoms with Gasteiger partial charge in [0.2, 0.25) is 11.8 Å². The first-order chi connectivity index (χ1) is 13.1. The first-order valence-corrected chi connectivity index (χ1v) is 9.17. The van der Waals surface area contributed by atoms with E-state index >= 15 is 0 Å². The summed E-state index contributed by atoms with van der Waals surface area (Å²) in [6.45, 7) is 3.29. The van der Waals surface area contributed by atoms with Crippen LogP contribution in [0.1, 0.15) is 19.5 Å². The van der Waals surface area contributed by atoms with Crippen molar-refractivity contribution in [2.75, 3.05) is 18.0 Å². The van der Waals surface area contributed by atoms with Crippen molar-refractivity contribution in [2.45, 2.75) is 31.7 Å². The van der Waals surface area contributed by atoms with Crippen LogP contribution in [0, 0.1) is 5.41 Å². The number of anilines is 1. The van der Waals surface area contributed by atoms with Gasteiger partial charge in [0.05, 0.1) is 12.6 Å². The Bertz CT molecular complexity index is 867. The van der Waals surface area contributed by atoms with Crippen molar-refractivity contribution in [1.82, 2.24) is 20.9 Å². The van der Waals surface area contributed by atoms with E-state index in [9.17, 15) is 19.2 Å². The second-order valence-corrected chi connectivity index (χ2v) is 7.45. The molecular formula is C15H19N7O5S. The molecule has 0 bridgehead atoms. The van der Waals surface area contributed by atoms with Gasteiger partial charge in [-0.1, -0.05) is 0 Å². The molecule has 3 heterocycles. The van der Waals surface area contributed by atoms with Crippen LogP contribution >= 0.6 is 11.3 Å². The molecule has 0 spiro atoms. The fourth-order valence-corrected chi connectivity index (χ4v) is 3.62. The lowest BCUT2D eigenvalue weighted by Crippen LogP contribution is -2.72. The lowest BCUT2D eigenvalue weighted by atomic mass is 9.98. The Morgan fingerprint density at radius 3 is 2.75 bits per heavy atom. The molecule has 0 aliphatic carbocycles. The van der Waals surface area contributed by atoms with Crippen molar-refractivity contribution in [2.24, 2.45) is 5.73 Å². The number of cyclic esters (lactones) is 1. The van der Waals surface area contributed by atoms with Gasteiger partial charge < -0.3 is 26.4 Å². The third-order valence-electron chi connectivity index (χ3n) is 4.23. The number of carbonyl (C=O) groups is 4. The van der Waals surface area contributed by atoms with Gasteiger partial charge in [-0.15, -0.1) is 11.3 Å². The fraction of sp³-hybridized carbons (Fsp3) is 0.467. The molecule has 0 radical (unpaired) electrons. The van der Waals surface area contributed by atoms with Gasteiger partial charge in [-0.2, -0.15) is 0 Å². The van der Waals surface area contributed by atoms with Crippen molar-refractivity contribution >= 4 is 46.0 Å². The van der Waals surface area contributed by atoms with Crippen LogP contribution in [0.3, 0.4) is 0 Å². The van der Waals surface area contributed by atoms with E-state index in [2.05, 4.69) is 20.9 Å². The van der Waals surface area contributed by atoms with Gasteiger partial charge in [-0.25, -0.2) is 14.7 Å². The average molecular weight is 409 g/mol. The van der Waals surface area contributed by atoms with Crippen LogP contribution in [-0.2, 0) is 19.1 Å². The molecule has 2 fully saturated rings. The van der Waals surface area contributed by atoms with Gasteiger partial charge in [0.1, 0.15) is 17.4 Å². The summed E-state index contributed by atoms with van der Waals surface area (Å²) in [5.74, 6) is -1.60. The number of nitrogens with one attached hydrogen (secondary N) is 4. The third-order valence-corrected chi connectivity index (χ3v) is 5.05. The summed E-state index contributed by atoms with van der Waals surface area (Å²) in [6, 6.07) is -1.38. The number of hydrogen-bond donors (Lipinski definition) is 5. The molecule has 13 heteroatoms. The number of aromatic nitrogens is 1. The first kappa shape index (κ1) is 19.7. The van der Waals surface area contributed by atoms with Crippen molar-refractivity contribution in [3.05, 3.63) is 11.1 Å². The van der Waals surface area contributed by atoms with Crippen LogP contribution < -0.4 is 26.6 Å². The van der Waals surface area contributed by atoms with Crippen LogP contribution in [0.4, 0.5) is 9.93 Å². The van der Waals surface area contributed by atoms with Gasteiger partial charge >= 0.3 is 6.09 Å². The normalized spacial score (nSPS) is 22.3. The minimum atomic E-state index is -0.881. The highest BCUT2D eigenvalue weighted by molar-refractivity contribution is 7.14. The molecule has 150 valence electrons. The Morgan fingerprint density at radius 2 is 2.18 bits per heavy atom. The molecule has 0 saturated carbocycles. The van der Waals surface area contributed by atoms with E-state index in [0.717, 1.165) is 11.3 Å². The number of rotatable bonds is 7. The summed E-state index contributed by atoms with van der Waals surface area (Å²) in [7, 11) is 0. The molecule has 2 aliphatic rings. The molecule has 1 aromatic rings. The van der Waals surface area contributed by atoms with E-state index in [-0.39, 0.29) is 24.7 Å². The number of amides is 4. The smallest absolute Gasteiger partial charge is 0.421 e. The predicted octanol–water partition coefficient (Wildman–Crippen LogP) is -1.74. The highest BCUT2D eigenvalue weighted by atomic mass is 32.1. The zero-order valence-electron chi connectivity index (χ0n) is 15.1. The molecular weight excluding hydrogens is 390 g/mol. The van der Waals surface area contributed by atoms with E-state index in [1.807, 2.05) is 0 Å². The van der Waals surface area contributed by atoms with E-state index in [0.29, 0.717) is 5.13 Å². The standard InChI is InChI=1S/C15H19N7O5S/c1-15(2)22(14(26)27-15)13-20-7(5-28-13)9(17)11(24)21-10-6(19-12(10)25)4-18-8(23)3-16/h5-6,10,17H,3-4,16H2,1-2H3,(H,18,23)(H,19,25)(H,21,24)/t6-,10+/m1/s1. The number of hydrogen-bond acceptors (Lipinski definition) is 9. The third kappa shape index (κ3) is 3.53. The number of nitrogens with zero attached hydrogens (tertiary/aromatic N) is 2. The second kappa shape index (κ2) is 7.16. The number of thiazole rings is 1. The van der Waals surface area contributed by atoms with Crippen molar-refractivity contribution in [3.63, 3.8) is 0 Å². The summed E-state index contributed by atoms with van der Waals surface area (Å²) >= 11 is 1.09. The van der Waals surface area contributed by atoms with Gasteiger partial charge in [-0.3, -0.25) is 19.8 Å². The minimum Gasteiger partial charge on any atom is -0.422 e. The molecule has 0 aromatic carbocycles. The number of ether oxygens (including phenoxy) is 1. The Kier molecular flexibility index (Phi) is 5.04. The molecule has 1 aromatic heterocycles. The van der Waals surface area contributed by atoms with Gasteiger partial charge in [-0.05, 0) is 13.8 Å². The van der Waals surface area contributed by atoms with Crippen molar-refractivity contribution < 1.29 is 23.9 Å². The lowest BCUT2D eigenvalue weighted by Gasteiger charge is -2.44. The molecule has 12 nitrogen and oxygen atoms in total. The summed E-state index contributed by atoms with van der Waals surface area (Å²) in [6.07, 6.45) is -0.560. The molecule has 4 amide bonds. The molecule has 0 unspecified atom stereocenters. The predicted molar refractivity (Wildman–Crippen MR) is 97.9 cm³/mol. The zero-order chi connectivity index (χ0) is 20.6. The molecule has 3 rings (SSSR count). The molecule has 2 aliphatic heterocycles. The number of nitrogens with two attached hydrogens (primary N) is 1. The maximum absolute atomic E-state index is 12.3. The Hall–Kier alpha value is -3.06. The maximum Gasteiger partial charge on any atom is 0.421 e. The summed E-state index contributed by atoms with van der Waals surface area (Å²) < 4.78 is 5.00. The number of β-lactam (4-membered cyclic amide) rings is 1. The van der Waals surface area contributed by atoms with Crippen LogP contribution in [0.5, 0.6) is 0 Å². The Labute approximate surface area is 163 Å². The summed E-state index contributed by atoms with van der Waals surface area (Å²) in [5, 5.41) is 17.3. The van der Waals surface area contributed by atoms with Crippen LogP contribution in [-0.4, -0.2) is 65.4 Å². The van der Waals surface area contributed by atoms with Crippen LogP contribution in [0.15, 0.2) is 5.38 Å². The Morgan fingerprint density at radius 1 is 1.46 bits per heavy atom. The minimum absolute atomic E-state index is 0.0701. The van der Waals surface area contributed by atoms with E-state index in [4.69, 9.17) is 15.9 Å². The SMILES string of the molecule is CC1(C)OC(=O)N1c1nc(C(=N)C(=O)N[C@@H]2C(=O)N[C@@H]2CNC(=O)CN)cs1. The molecule has 6 N–H and O–H groups in total. The van der Waals surface area contributed by atoms with Gasteiger partial charge in [0, 0.05) is 11.9 Å². The fourth-order valence-electron chi connectivity index (χ4n) is 2.68. The monoisotopic (exact) mass is 409 g/mol. The molecule has 2 atom stereocenters. The van der Waals surface area contributed by atoms with Crippen LogP contribution in [0.2, 0.25) is 0 Å². The first-order valence-electron chi connectivity index (χ1n) is 8.29. The lowest BCUT2D eigenvalue weighted by molar-refractivity contribution is -0.135. The molecule has 2 saturated heterocycles. The van der Waals surface area contributed by atoms with E-state index < -0.39 is 41.4 Å². The average Bonchev–Trinajstić information content (AvgIpc) is 3.09. The van der Waals surface area contributed by atoms with Gasteiger partial charge in [0.15, 0.2) is 10.9 Å². The van der Waals surface area contributed by atoms with E-state index in [1.54, 1.807) is 13.8 Å². The summed E-state index contributed by atoms with van der Waals surface area (Å²) in [5.41, 5.74) is 3.97. The Balaban J connectivity index is 1.60. The second-order valence-electron chi connectivity index (χ2n) is 6.61. The highest BCUT2D eigenvalue weighted by Gasteiger charge is 2.49. The van der Waals surface area contributed by atoms with Crippen LogP contribution in [0.25, 0.3) is 0 Å². The topological polar surface area (TPSA) is 180 Å². The largest absolute Gasteiger partial charge is 0.422 e. The zero-order valence-corrected chi connectivity index (χ0v) is 15.9. The summed E-state index contributed by atoms with van der Waals surface area (Å²) in [4.78, 5) is 52.3. The van der Waals surface area contributed by atoms with Crippen molar-refractivity contribution in [3.8, 4) is 0 Å². The molecule has 28 heavy (non-hydrogen) atoms. The maximum atomic E-state index is 12.3.